The highest BCUT2D eigenvalue weighted by atomic mass is 16.5. The van der Waals surface area contributed by atoms with Crippen LogP contribution in [0.2, 0.25) is 0 Å². The van der Waals surface area contributed by atoms with Crippen LogP contribution < -0.4 is 4.74 Å². The Morgan fingerprint density at radius 1 is 0.800 bits per heavy atom. The molecule has 232 valence electrons. The van der Waals surface area contributed by atoms with Gasteiger partial charge in [-0.3, -0.25) is 10.8 Å². The third-order valence-electron chi connectivity index (χ3n) is 9.00. The first-order valence-corrected chi connectivity index (χ1v) is 16.0. The van der Waals surface area contributed by atoms with Crippen molar-refractivity contribution in [2.45, 2.75) is 64.7 Å². The molecule has 1 heterocycles. The van der Waals surface area contributed by atoms with Gasteiger partial charge in [0.05, 0.1) is 6.61 Å². The van der Waals surface area contributed by atoms with Gasteiger partial charge in [-0.1, -0.05) is 70.0 Å². The molecule has 2 bridgehead atoms. The van der Waals surface area contributed by atoms with Crippen LogP contribution in [0.4, 0.5) is 0 Å². The summed E-state index contributed by atoms with van der Waals surface area (Å²) in [6, 6.07) is 22.6. The molecule has 2 aliphatic rings. The van der Waals surface area contributed by atoms with Crippen LogP contribution in [-0.4, -0.2) is 28.6 Å². The first kappa shape index (κ1) is 30.5. The molecule has 0 saturated heterocycles. The van der Waals surface area contributed by atoms with E-state index in [1.54, 1.807) is 30.3 Å². The molecule has 6 rings (SSSR count). The monoisotopic (exact) mass is 602 g/mol. The number of nitrogens with one attached hydrogen (secondary N) is 2. The van der Waals surface area contributed by atoms with Crippen molar-refractivity contribution >= 4 is 11.8 Å². The van der Waals surface area contributed by atoms with Crippen LogP contribution in [0.25, 0.3) is 22.9 Å². The summed E-state index contributed by atoms with van der Waals surface area (Å²) in [5, 5.41) is 25.5. The van der Waals surface area contributed by atoms with Crippen LogP contribution in [0, 0.1) is 28.6 Å². The quantitative estimate of drug-likeness (QED) is 0.0770. The van der Waals surface area contributed by atoms with E-state index in [4.69, 9.17) is 24.7 Å². The molecule has 3 aromatic carbocycles. The summed E-state index contributed by atoms with van der Waals surface area (Å²) in [6.45, 7) is 7.18. The van der Waals surface area contributed by atoms with Gasteiger partial charge in [0.15, 0.2) is 0 Å². The van der Waals surface area contributed by atoms with E-state index >= 15 is 0 Å². The minimum Gasteiger partial charge on any atom is -0.494 e. The van der Waals surface area contributed by atoms with Crippen LogP contribution in [0.15, 0.2) is 89.4 Å². The van der Waals surface area contributed by atoms with E-state index in [2.05, 4.69) is 55.3 Å². The lowest BCUT2D eigenvalue weighted by molar-refractivity contribution is 0.299. The molecule has 2 N–H and O–H groups in total. The average Bonchev–Trinajstić information content (AvgIpc) is 3.81. The normalized spacial score (nSPS) is 18.7. The summed E-state index contributed by atoms with van der Waals surface area (Å²) in [7, 11) is 0. The Balaban J connectivity index is 0.998. The third-order valence-corrected chi connectivity index (χ3v) is 9.00. The number of benzene rings is 3. The molecule has 0 amide bonds. The van der Waals surface area contributed by atoms with Crippen molar-refractivity contribution in [1.29, 1.82) is 10.8 Å². The number of hydrogen-bond acceptors (Lipinski definition) is 7. The van der Waals surface area contributed by atoms with E-state index in [1.165, 1.54) is 37.7 Å². The Bertz CT molecular complexity index is 1680. The SMILES string of the molecule is CC(C)(C)c1ccc(-c2nnc(-c3cccc(C(=N)OC(=N)c4cccc(OCCCCCC5CC6C=CC5C6)c4)c3)o2)cc1. The maximum absolute atomic E-state index is 8.53. The zero-order chi connectivity index (χ0) is 31.4. The lowest BCUT2D eigenvalue weighted by atomic mass is 9.87. The van der Waals surface area contributed by atoms with Gasteiger partial charge in [-0.25, -0.2) is 0 Å². The minimum absolute atomic E-state index is 0.0598. The molecule has 1 aromatic heterocycles. The van der Waals surface area contributed by atoms with Crippen LogP contribution in [0.1, 0.15) is 76.0 Å². The van der Waals surface area contributed by atoms with Crippen LogP contribution >= 0.6 is 0 Å². The maximum atomic E-state index is 8.53. The van der Waals surface area contributed by atoms with Crippen LogP contribution in [0.5, 0.6) is 5.75 Å². The van der Waals surface area contributed by atoms with Gasteiger partial charge in [0.1, 0.15) is 5.75 Å². The summed E-state index contributed by atoms with van der Waals surface area (Å²) < 4.78 is 17.6. The standard InChI is InChI=1S/C38H42N4O3/c1-38(2,3)32-18-16-26(17-19-32)36-41-42-37(45-36)31-12-7-10-29(23-31)34(39)44-35(40)30-11-8-13-33(24-30)43-20-6-4-5-9-27-21-25-14-15-28(27)22-25/h7-8,10-19,23-25,27-28,39-40H,4-6,9,20-22H2,1-3H3. The predicted molar refractivity (Wildman–Crippen MR) is 178 cm³/mol. The molecule has 3 atom stereocenters. The van der Waals surface area contributed by atoms with E-state index in [-0.39, 0.29) is 17.2 Å². The van der Waals surface area contributed by atoms with E-state index in [1.807, 2.05) is 30.3 Å². The lowest BCUT2D eigenvalue weighted by Gasteiger charge is -2.18. The Morgan fingerprint density at radius 2 is 1.51 bits per heavy atom. The van der Waals surface area contributed by atoms with Crippen molar-refractivity contribution in [2.75, 3.05) is 6.61 Å². The number of ether oxygens (including phenoxy) is 2. The molecule has 7 nitrogen and oxygen atoms in total. The first-order chi connectivity index (χ1) is 21.7. The van der Waals surface area contributed by atoms with Gasteiger partial charge in [-0.2, -0.15) is 0 Å². The number of rotatable bonds is 11. The van der Waals surface area contributed by atoms with E-state index < -0.39 is 0 Å². The van der Waals surface area contributed by atoms with Crippen molar-refractivity contribution < 1.29 is 13.9 Å². The first-order valence-electron chi connectivity index (χ1n) is 16.0. The molecule has 2 aliphatic carbocycles. The van der Waals surface area contributed by atoms with Gasteiger partial charge in [0.25, 0.3) is 0 Å². The Morgan fingerprint density at radius 3 is 2.20 bits per heavy atom. The molecule has 7 heteroatoms. The molecule has 3 unspecified atom stereocenters. The molecule has 0 spiro atoms. The van der Waals surface area contributed by atoms with Crippen molar-refractivity contribution in [3.63, 3.8) is 0 Å². The number of fused-ring (bicyclic) bond motifs is 2. The summed E-state index contributed by atoms with van der Waals surface area (Å²) in [5.41, 5.74) is 3.85. The largest absolute Gasteiger partial charge is 0.494 e. The third kappa shape index (κ3) is 7.42. The summed E-state index contributed by atoms with van der Waals surface area (Å²) in [4.78, 5) is 0. The van der Waals surface area contributed by atoms with Gasteiger partial charge in [0.2, 0.25) is 23.6 Å². The van der Waals surface area contributed by atoms with Crippen LogP contribution in [0.3, 0.4) is 0 Å². The fraction of sp³-hybridized carbons (Fsp3) is 0.368. The van der Waals surface area contributed by atoms with E-state index in [0.29, 0.717) is 40.8 Å². The highest BCUT2D eigenvalue weighted by Crippen LogP contribution is 2.45. The molecule has 0 aliphatic heterocycles. The molecular weight excluding hydrogens is 560 g/mol. The summed E-state index contributed by atoms with van der Waals surface area (Å²) in [6.07, 6.45) is 12.4. The topological polar surface area (TPSA) is 105 Å². The number of nitrogens with zero attached hydrogens (tertiary/aromatic N) is 2. The molecule has 4 aromatic rings. The summed E-state index contributed by atoms with van der Waals surface area (Å²) in [5.74, 6) is 3.79. The fourth-order valence-corrected chi connectivity index (χ4v) is 6.41. The Labute approximate surface area is 265 Å². The second-order valence-corrected chi connectivity index (χ2v) is 13.3. The van der Waals surface area contributed by atoms with Gasteiger partial charge in [-0.15, -0.1) is 10.2 Å². The van der Waals surface area contributed by atoms with Crippen molar-refractivity contribution in [3.8, 4) is 28.7 Å². The second kappa shape index (κ2) is 13.2. The maximum Gasteiger partial charge on any atom is 0.248 e. The van der Waals surface area contributed by atoms with Gasteiger partial charge in [0, 0.05) is 22.3 Å². The lowest BCUT2D eigenvalue weighted by Crippen LogP contribution is -2.13. The number of allylic oxidation sites excluding steroid dienone is 2. The molecule has 1 fully saturated rings. The molecule has 45 heavy (non-hydrogen) atoms. The number of unbranched alkanes of at least 4 members (excludes halogenated alkanes) is 2. The second-order valence-electron chi connectivity index (χ2n) is 13.3. The molecular formula is C38H42N4O3. The Hall–Kier alpha value is -4.52. The molecule has 1 saturated carbocycles. The van der Waals surface area contributed by atoms with E-state index in [0.717, 1.165) is 29.7 Å². The average molecular weight is 603 g/mol. The van der Waals surface area contributed by atoms with Crippen molar-refractivity contribution in [1.82, 2.24) is 10.2 Å². The van der Waals surface area contributed by atoms with Gasteiger partial charge in [-0.05, 0) is 103 Å². The number of hydrogen-bond donors (Lipinski definition) is 2. The Kier molecular flexibility index (Phi) is 8.97. The van der Waals surface area contributed by atoms with Gasteiger partial charge < -0.3 is 13.9 Å². The highest BCUT2D eigenvalue weighted by molar-refractivity contribution is 6.05. The van der Waals surface area contributed by atoms with Crippen molar-refractivity contribution in [3.05, 3.63) is 102 Å². The summed E-state index contributed by atoms with van der Waals surface area (Å²) >= 11 is 0. The zero-order valence-electron chi connectivity index (χ0n) is 26.4. The smallest absolute Gasteiger partial charge is 0.248 e. The number of aromatic nitrogens is 2. The van der Waals surface area contributed by atoms with E-state index in [9.17, 15) is 0 Å². The van der Waals surface area contributed by atoms with Gasteiger partial charge >= 0.3 is 0 Å². The minimum atomic E-state index is -0.142. The van der Waals surface area contributed by atoms with Crippen molar-refractivity contribution in [2.24, 2.45) is 17.8 Å². The zero-order valence-corrected chi connectivity index (χ0v) is 26.4. The molecule has 0 radical (unpaired) electrons. The highest BCUT2D eigenvalue weighted by Gasteiger charge is 2.34. The predicted octanol–water partition coefficient (Wildman–Crippen LogP) is 9.22. The fourth-order valence-electron chi connectivity index (χ4n) is 6.41. The van der Waals surface area contributed by atoms with Crippen LogP contribution in [-0.2, 0) is 10.2 Å².